The van der Waals surface area contributed by atoms with Gasteiger partial charge in [-0.15, -0.1) is 0 Å². The fraction of sp³-hybridized carbons (Fsp3) is 0.286. The van der Waals surface area contributed by atoms with Crippen molar-refractivity contribution in [2.24, 2.45) is 0 Å². The molecule has 0 unspecified atom stereocenters. The van der Waals surface area contributed by atoms with E-state index < -0.39 is 4.92 Å². The molecule has 0 aliphatic heterocycles. The van der Waals surface area contributed by atoms with Gasteiger partial charge < -0.3 is 10.1 Å². The number of rotatable bonds is 6. The van der Waals surface area contributed by atoms with Crippen LogP contribution in [0.3, 0.4) is 0 Å². The Morgan fingerprint density at radius 3 is 2.81 bits per heavy atom. The summed E-state index contributed by atoms with van der Waals surface area (Å²) in [6.45, 7) is 4.16. The van der Waals surface area contributed by atoms with Crippen molar-refractivity contribution < 1.29 is 9.66 Å². The highest BCUT2D eigenvalue weighted by molar-refractivity contribution is 5.56. The van der Waals surface area contributed by atoms with Crippen molar-refractivity contribution in [1.29, 1.82) is 0 Å². The lowest BCUT2D eigenvalue weighted by Gasteiger charge is -2.12. The van der Waals surface area contributed by atoms with Crippen LogP contribution in [0.25, 0.3) is 0 Å². The monoisotopic (exact) mass is 288 g/mol. The van der Waals surface area contributed by atoms with Crippen LogP contribution in [0.5, 0.6) is 5.75 Å². The minimum atomic E-state index is -0.444. The smallest absolute Gasteiger partial charge is 0.275 e. The van der Waals surface area contributed by atoms with Crippen LogP contribution in [0.15, 0.2) is 36.5 Å². The molecule has 2 aromatic rings. The molecular formula is C14H16N4O3. The number of nitro groups is 1. The maximum absolute atomic E-state index is 11.0. The van der Waals surface area contributed by atoms with Crippen molar-refractivity contribution in [2.45, 2.75) is 26.5 Å². The minimum absolute atomic E-state index is 0.0187. The number of nitrogens with zero attached hydrogens (tertiary/aromatic N) is 3. The van der Waals surface area contributed by atoms with Crippen LogP contribution in [-0.4, -0.2) is 21.2 Å². The third-order valence-corrected chi connectivity index (χ3v) is 2.58. The van der Waals surface area contributed by atoms with Crippen molar-refractivity contribution in [1.82, 2.24) is 10.2 Å². The van der Waals surface area contributed by atoms with Crippen molar-refractivity contribution >= 4 is 11.4 Å². The molecule has 1 aromatic heterocycles. The fourth-order valence-corrected chi connectivity index (χ4v) is 1.75. The van der Waals surface area contributed by atoms with Gasteiger partial charge in [0.25, 0.3) is 5.69 Å². The number of aromatic nitrogens is 2. The Bertz CT molecular complexity index is 617. The molecule has 0 bridgehead atoms. The van der Waals surface area contributed by atoms with Crippen molar-refractivity contribution in [3.05, 3.63) is 52.3 Å². The lowest BCUT2D eigenvalue weighted by molar-refractivity contribution is -0.384. The van der Waals surface area contributed by atoms with Crippen LogP contribution in [-0.2, 0) is 6.54 Å². The van der Waals surface area contributed by atoms with Gasteiger partial charge in [-0.05, 0) is 26.0 Å². The van der Waals surface area contributed by atoms with Crippen LogP contribution >= 0.6 is 0 Å². The second-order valence-corrected chi connectivity index (χ2v) is 4.71. The molecule has 21 heavy (non-hydrogen) atoms. The number of nitro benzene ring substituents is 1. The number of hydrogen-bond donors (Lipinski definition) is 1. The summed E-state index contributed by atoms with van der Waals surface area (Å²) in [4.78, 5) is 10.5. The first kappa shape index (κ1) is 14.7. The molecule has 0 spiro atoms. The van der Waals surface area contributed by atoms with Crippen molar-refractivity contribution in [3.8, 4) is 5.75 Å². The Kier molecular flexibility index (Phi) is 4.65. The number of ether oxygens (including phenoxy) is 1. The molecule has 1 heterocycles. The second kappa shape index (κ2) is 6.65. The summed E-state index contributed by atoms with van der Waals surface area (Å²) in [5, 5.41) is 21.8. The van der Waals surface area contributed by atoms with Crippen molar-refractivity contribution in [3.63, 3.8) is 0 Å². The number of nitrogens with one attached hydrogen (secondary N) is 1. The average molecular weight is 288 g/mol. The van der Waals surface area contributed by atoms with Crippen LogP contribution in [0, 0.1) is 10.1 Å². The third kappa shape index (κ3) is 4.41. The number of hydrogen-bond acceptors (Lipinski definition) is 6. The molecule has 0 aliphatic rings. The van der Waals surface area contributed by atoms with Gasteiger partial charge in [0, 0.05) is 24.0 Å². The van der Waals surface area contributed by atoms with E-state index in [1.807, 2.05) is 19.9 Å². The number of non-ortho nitro benzene ring substituents is 1. The summed E-state index contributed by atoms with van der Waals surface area (Å²) < 4.78 is 5.53. The van der Waals surface area contributed by atoms with Crippen LogP contribution in [0.1, 0.15) is 19.5 Å². The van der Waals surface area contributed by atoms with Gasteiger partial charge in [-0.2, -0.15) is 10.2 Å². The lowest BCUT2D eigenvalue weighted by atomic mass is 10.2. The maximum atomic E-state index is 11.0. The van der Waals surface area contributed by atoms with E-state index in [-0.39, 0.29) is 11.8 Å². The highest BCUT2D eigenvalue weighted by Gasteiger charge is 2.11. The Labute approximate surface area is 122 Å². The number of benzene rings is 1. The second-order valence-electron chi connectivity index (χ2n) is 4.71. The molecule has 2 rings (SSSR count). The molecule has 0 saturated carbocycles. The van der Waals surface area contributed by atoms with E-state index in [4.69, 9.17) is 4.74 Å². The zero-order valence-corrected chi connectivity index (χ0v) is 11.8. The van der Waals surface area contributed by atoms with E-state index in [9.17, 15) is 10.1 Å². The summed E-state index contributed by atoms with van der Waals surface area (Å²) in [5.41, 5.74) is 1.33. The standard InChI is InChI=1S/C14H16N4O3/c1-10(2)21-14-7-12(6-13(8-14)18(19)20)15-9-11-4-3-5-16-17-11/h3-8,10,15H,9H2,1-2H3. The molecule has 0 atom stereocenters. The predicted molar refractivity (Wildman–Crippen MR) is 78.2 cm³/mol. The molecule has 110 valence electrons. The Balaban J connectivity index is 2.17. The highest BCUT2D eigenvalue weighted by atomic mass is 16.6. The van der Waals surface area contributed by atoms with Gasteiger partial charge >= 0.3 is 0 Å². The SMILES string of the molecule is CC(C)Oc1cc(NCc2cccnn2)cc([N+](=O)[O-])c1. The molecule has 1 N–H and O–H groups in total. The molecule has 0 aliphatic carbocycles. The van der Waals surface area contributed by atoms with Gasteiger partial charge in [0.1, 0.15) is 5.75 Å². The molecule has 7 nitrogen and oxygen atoms in total. The van der Waals surface area contributed by atoms with Crippen molar-refractivity contribution in [2.75, 3.05) is 5.32 Å². The Morgan fingerprint density at radius 2 is 2.19 bits per heavy atom. The first-order chi connectivity index (χ1) is 10.0. The predicted octanol–water partition coefficient (Wildman–Crippen LogP) is 2.78. The van der Waals surface area contributed by atoms with Gasteiger partial charge in [-0.1, -0.05) is 0 Å². The van der Waals surface area contributed by atoms with E-state index >= 15 is 0 Å². The molecule has 0 amide bonds. The third-order valence-electron chi connectivity index (χ3n) is 2.58. The van der Waals surface area contributed by atoms with Gasteiger partial charge in [-0.25, -0.2) is 0 Å². The van der Waals surface area contributed by atoms with Gasteiger partial charge in [0.2, 0.25) is 0 Å². The van der Waals surface area contributed by atoms with E-state index in [1.54, 1.807) is 18.3 Å². The fourth-order valence-electron chi connectivity index (χ4n) is 1.75. The van der Waals surface area contributed by atoms with E-state index in [0.29, 0.717) is 18.0 Å². The molecular weight excluding hydrogens is 272 g/mol. The Hall–Kier alpha value is -2.70. The van der Waals surface area contributed by atoms with E-state index in [0.717, 1.165) is 5.69 Å². The average Bonchev–Trinajstić information content (AvgIpc) is 2.45. The van der Waals surface area contributed by atoms with Crippen LogP contribution < -0.4 is 10.1 Å². The van der Waals surface area contributed by atoms with Gasteiger partial charge in [-0.3, -0.25) is 10.1 Å². The Morgan fingerprint density at radius 1 is 1.38 bits per heavy atom. The first-order valence-corrected chi connectivity index (χ1v) is 6.51. The molecule has 1 aromatic carbocycles. The van der Waals surface area contributed by atoms with Crippen LogP contribution in [0.2, 0.25) is 0 Å². The summed E-state index contributed by atoms with van der Waals surface area (Å²) in [7, 11) is 0. The van der Waals surface area contributed by atoms with Gasteiger partial charge in [0.15, 0.2) is 0 Å². The summed E-state index contributed by atoms with van der Waals surface area (Å²) >= 11 is 0. The summed E-state index contributed by atoms with van der Waals surface area (Å²) in [6.07, 6.45) is 1.53. The molecule has 0 radical (unpaired) electrons. The highest BCUT2D eigenvalue weighted by Crippen LogP contribution is 2.27. The van der Waals surface area contributed by atoms with E-state index in [2.05, 4.69) is 15.5 Å². The quantitative estimate of drug-likeness (QED) is 0.649. The summed E-state index contributed by atoms with van der Waals surface area (Å²) in [6, 6.07) is 8.20. The zero-order valence-electron chi connectivity index (χ0n) is 11.8. The molecule has 0 saturated heterocycles. The minimum Gasteiger partial charge on any atom is -0.491 e. The van der Waals surface area contributed by atoms with Crippen LogP contribution in [0.4, 0.5) is 11.4 Å². The van der Waals surface area contributed by atoms with Gasteiger partial charge in [0.05, 0.1) is 29.3 Å². The van der Waals surface area contributed by atoms with E-state index in [1.165, 1.54) is 12.1 Å². The first-order valence-electron chi connectivity index (χ1n) is 6.51. The summed E-state index contributed by atoms with van der Waals surface area (Å²) in [5.74, 6) is 0.459. The lowest BCUT2D eigenvalue weighted by Crippen LogP contribution is -2.07. The zero-order chi connectivity index (χ0) is 15.2. The molecule has 7 heteroatoms. The largest absolute Gasteiger partial charge is 0.491 e. The number of anilines is 1. The molecule has 0 fully saturated rings. The topological polar surface area (TPSA) is 90.2 Å². The maximum Gasteiger partial charge on any atom is 0.275 e. The normalized spacial score (nSPS) is 10.4.